The van der Waals surface area contributed by atoms with Crippen LogP contribution in [0.2, 0.25) is 0 Å². The number of benzene rings is 1. The number of nitro groups is 1. The van der Waals surface area contributed by atoms with Gasteiger partial charge >= 0.3 is 0 Å². The second kappa shape index (κ2) is 4.89. The van der Waals surface area contributed by atoms with Gasteiger partial charge < -0.3 is 0 Å². The van der Waals surface area contributed by atoms with Crippen molar-refractivity contribution in [1.82, 2.24) is 0 Å². The normalized spacial score (nSPS) is 11.7. The van der Waals surface area contributed by atoms with E-state index in [0.29, 0.717) is 12.1 Å². The van der Waals surface area contributed by atoms with E-state index in [1.54, 1.807) is 6.07 Å². The quantitative estimate of drug-likeness (QED) is 0.464. The van der Waals surface area contributed by atoms with Crippen molar-refractivity contribution < 1.29 is 13.7 Å². The second-order valence-electron chi connectivity index (χ2n) is 3.09. The van der Waals surface area contributed by atoms with E-state index in [-0.39, 0.29) is 16.2 Å². The molecule has 0 aliphatic heterocycles. The van der Waals surface area contributed by atoms with Gasteiger partial charge in [0.2, 0.25) is 0 Å². The van der Waals surface area contributed by atoms with Gasteiger partial charge in [0.05, 0.1) is 27.7 Å². The topological polar surface area (TPSA) is 66.9 Å². The molecule has 0 N–H and O–H groups in total. The largest absolute Gasteiger partial charge is 0.281 e. The van der Waals surface area contributed by atoms with Crippen LogP contribution in [-0.2, 0) is 0 Å². The molecule has 0 fully saturated rings. The van der Waals surface area contributed by atoms with Crippen molar-refractivity contribution in [3.63, 3.8) is 0 Å². The van der Waals surface area contributed by atoms with Crippen LogP contribution in [0, 0.1) is 33.1 Å². The number of nitrogens with zero attached hydrogens (tertiary/aromatic N) is 2. The Labute approximate surface area is 99.9 Å². The summed E-state index contributed by atoms with van der Waals surface area (Å²) in [6.07, 6.45) is 0. The van der Waals surface area contributed by atoms with Crippen LogP contribution in [-0.4, -0.2) is 4.92 Å². The van der Waals surface area contributed by atoms with Gasteiger partial charge in [0.15, 0.2) is 11.6 Å². The van der Waals surface area contributed by atoms with Gasteiger partial charge in [0.1, 0.15) is 0 Å². The summed E-state index contributed by atoms with van der Waals surface area (Å²) < 4.78 is 25.9. The third kappa shape index (κ3) is 2.57. The summed E-state index contributed by atoms with van der Waals surface area (Å²) in [4.78, 5) is 9.76. The molecule has 17 heavy (non-hydrogen) atoms. The first-order chi connectivity index (χ1) is 7.88. The average molecular weight is 259 g/mol. The lowest BCUT2D eigenvalue weighted by atomic mass is 10.1. The molecule has 0 saturated carbocycles. The van der Waals surface area contributed by atoms with Gasteiger partial charge in [0.25, 0.3) is 5.69 Å². The molecular formula is C10H5ClF2N2O2. The minimum Gasteiger partial charge on any atom is -0.258 e. The minimum absolute atomic E-state index is 0.0271. The smallest absolute Gasteiger partial charge is 0.258 e. The monoisotopic (exact) mass is 258 g/mol. The van der Waals surface area contributed by atoms with Crippen LogP contribution >= 0.6 is 11.6 Å². The minimum atomic E-state index is -1.35. The highest BCUT2D eigenvalue weighted by Crippen LogP contribution is 2.32. The highest BCUT2D eigenvalue weighted by Gasteiger charge is 2.21. The highest BCUT2D eigenvalue weighted by atomic mass is 35.5. The van der Waals surface area contributed by atoms with Crippen molar-refractivity contribution in [2.24, 2.45) is 0 Å². The zero-order valence-corrected chi connectivity index (χ0v) is 9.26. The Bertz CT molecular complexity index is 564. The number of halogens is 3. The van der Waals surface area contributed by atoms with E-state index in [4.69, 9.17) is 16.9 Å². The van der Waals surface area contributed by atoms with Gasteiger partial charge in [-0.2, -0.15) is 5.26 Å². The van der Waals surface area contributed by atoms with Crippen molar-refractivity contribution in [3.05, 3.63) is 45.0 Å². The van der Waals surface area contributed by atoms with Gasteiger partial charge in [-0.25, -0.2) is 8.78 Å². The van der Waals surface area contributed by atoms with Gasteiger partial charge in [-0.1, -0.05) is 11.6 Å². The third-order valence-corrected chi connectivity index (χ3v) is 2.46. The maximum atomic E-state index is 13.0. The first-order valence-corrected chi connectivity index (χ1v) is 4.66. The van der Waals surface area contributed by atoms with Crippen LogP contribution in [0.5, 0.6) is 0 Å². The van der Waals surface area contributed by atoms with Crippen LogP contribution in [0.1, 0.15) is 12.5 Å². The van der Waals surface area contributed by atoms with E-state index in [1.807, 2.05) is 0 Å². The standard InChI is InChI=1S/C10H5ClF2N2O2/c1-5(4-14)10(11)6-2-7(12)8(13)3-9(6)15(16)17/h2-3H,1H3. The molecule has 0 radical (unpaired) electrons. The molecule has 0 aliphatic rings. The third-order valence-electron chi connectivity index (χ3n) is 1.97. The van der Waals surface area contributed by atoms with E-state index >= 15 is 0 Å². The van der Waals surface area contributed by atoms with Crippen molar-refractivity contribution >= 4 is 22.3 Å². The molecule has 0 heterocycles. The molecule has 1 aromatic rings. The van der Waals surface area contributed by atoms with Crippen LogP contribution in [0.15, 0.2) is 17.7 Å². The molecule has 0 spiro atoms. The number of nitriles is 1. The summed E-state index contributed by atoms with van der Waals surface area (Å²) in [5.74, 6) is -2.62. The Morgan fingerprint density at radius 1 is 1.47 bits per heavy atom. The van der Waals surface area contributed by atoms with E-state index < -0.39 is 22.2 Å². The van der Waals surface area contributed by atoms with E-state index in [1.165, 1.54) is 6.92 Å². The number of rotatable bonds is 2. The molecule has 7 heteroatoms. The van der Waals surface area contributed by atoms with Gasteiger partial charge in [0, 0.05) is 5.57 Å². The van der Waals surface area contributed by atoms with E-state index in [0.717, 1.165) is 0 Å². The zero-order chi connectivity index (χ0) is 13.2. The van der Waals surface area contributed by atoms with Gasteiger partial charge in [-0.15, -0.1) is 0 Å². The first-order valence-electron chi connectivity index (χ1n) is 4.28. The summed E-state index contributed by atoms with van der Waals surface area (Å²) >= 11 is 5.69. The maximum Gasteiger partial charge on any atom is 0.281 e. The first kappa shape index (κ1) is 13.1. The Hall–Kier alpha value is -2.00. The number of nitro benzene ring substituents is 1. The lowest BCUT2D eigenvalue weighted by Gasteiger charge is -2.03. The highest BCUT2D eigenvalue weighted by molar-refractivity contribution is 6.50. The SMILES string of the molecule is CC(C#N)=C(Cl)c1cc(F)c(F)cc1[N+](=O)[O-]. The summed E-state index contributed by atoms with van der Waals surface area (Å²) in [5.41, 5.74) is -1.04. The van der Waals surface area contributed by atoms with Gasteiger partial charge in [-0.05, 0) is 13.0 Å². The fourth-order valence-electron chi connectivity index (χ4n) is 1.11. The number of hydrogen-bond acceptors (Lipinski definition) is 3. The summed E-state index contributed by atoms with van der Waals surface area (Å²) in [7, 11) is 0. The fourth-order valence-corrected chi connectivity index (χ4v) is 1.31. The molecule has 1 rings (SSSR count). The molecule has 0 atom stereocenters. The molecule has 0 unspecified atom stereocenters. The van der Waals surface area contributed by atoms with Crippen molar-refractivity contribution in [3.8, 4) is 6.07 Å². The zero-order valence-electron chi connectivity index (χ0n) is 8.50. The Morgan fingerprint density at radius 2 is 2.00 bits per heavy atom. The molecule has 0 aromatic heterocycles. The molecule has 0 saturated heterocycles. The molecule has 4 nitrogen and oxygen atoms in total. The lowest BCUT2D eigenvalue weighted by Crippen LogP contribution is -1.97. The number of hydrogen-bond donors (Lipinski definition) is 0. The molecule has 88 valence electrons. The summed E-state index contributed by atoms with van der Waals surface area (Å²) in [6, 6.07) is 2.69. The molecular weight excluding hydrogens is 254 g/mol. The molecule has 1 aromatic carbocycles. The average Bonchev–Trinajstić information content (AvgIpc) is 2.29. The predicted molar refractivity (Wildman–Crippen MR) is 57.1 cm³/mol. The molecule has 0 bridgehead atoms. The van der Waals surface area contributed by atoms with Crippen molar-refractivity contribution in [2.45, 2.75) is 6.92 Å². The van der Waals surface area contributed by atoms with Crippen LogP contribution in [0.4, 0.5) is 14.5 Å². The van der Waals surface area contributed by atoms with Gasteiger partial charge in [-0.3, -0.25) is 10.1 Å². The van der Waals surface area contributed by atoms with Crippen molar-refractivity contribution in [2.75, 3.05) is 0 Å². The summed E-state index contributed by atoms with van der Waals surface area (Å²) in [5, 5.41) is 19.0. The van der Waals surface area contributed by atoms with Crippen LogP contribution in [0.3, 0.4) is 0 Å². The molecule has 0 aliphatic carbocycles. The Kier molecular flexibility index (Phi) is 3.76. The maximum absolute atomic E-state index is 13.0. The Balaban J connectivity index is 3.59. The van der Waals surface area contributed by atoms with Crippen LogP contribution in [0.25, 0.3) is 5.03 Å². The number of allylic oxidation sites excluding steroid dienone is 1. The lowest BCUT2D eigenvalue weighted by molar-refractivity contribution is -0.385. The predicted octanol–water partition coefficient (Wildman–Crippen LogP) is 3.37. The Morgan fingerprint density at radius 3 is 2.47 bits per heavy atom. The van der Waals surface area contributed by atoms with Crippen LogP contribution < -0.4 is 0 Å². The van der Waals surface area contributed by atoms with E-state index in [2.05, 4.69) is 0 Å². The van der Waals surface area contributed by atoms with Crippen molar-refractivity contribution in [1.29, 1.82) is 5.26 Å². The summed E-state index contributed by atoms with van der Waals surface area (Å²) in [6.45, 7) is 1.31. The van der Waals surface area contributed by atoms with E-state index in [9.17, 15) is 18.9 Å². The molecule has 0 amide bonds. The second-order valence-corrected chi connectivity index (χ2v) is 3.47. The fraction of sp³-hybridized carbons (Fsp3) is 0.100.